The van der Waals surface area contributed by atoms with Gasteiger partial charge < -0.3 is 10.6 Å². The molecule has 1 aliphatic carbocycles. The Labute approximate surface area is 171 Å². The number of carbonyl (C=O) groups is 2. The van der Waals surface area contributed by atoms with Crippen molar-refractivity contribution in [2.45, 2.75) is 55.7 Å². The van der Waals surface area contributed by atoms with Crippen LogP contribution in [-0.2, 0) is 0 Å². The highest BCUT2D eigenvalue weighted by Gasteiger charge is 2.19. The monoisotopic (exact) mass is 424 g/mol. The summed E-state index contributed by atoms with van der Waals surface area (Å²) in [5, 5.41) is 7.44. The number of anilines is 1. The van der Waals surface area contributed by atoms with Gasteiger partial charge in [0.15, 0.2) is 0 Å². The van der Waals surface area contributed by atoms with Crippen molar-refractivity contribution >= 4 is 40.6 Å². The number of carbonyl (C=O) groups excluding carboxylic acids is 2. The molecule has 1 heterocycles. The molecule has 1 aromatic carbocycles. The number of hydrogen-bond donors (Lipinski definition) is 2. The standard InChI is InChI=1S/C20H22F2N2O2S2/c1-12-11-13(18(25)23-14-5-3-2-4-6-14)7-8-15(12)24-19(26)17-16(9-10-27-17)28-20(21)22/h7-11,14,20H,2-6H2,1H3,(H,23,25)(H,24,26). The van der Waals surface area contributed by atoms with Gasteiger partial charge in [0.1, 0.15) is 4.88 Å². The smallest absolute Gasteiger partial charge is 0.288 e. The lowest BCUT2D eigenvalue weighted by Gasteiger charge is -2.23. The third kappa shape index (κ3) is 5.32. The summed E-state index contributed by atoms with van der Waals surface area (Å²) in [6.45, 7) is 1.80. The molecule has 0 unspecified atom stereocenters. The van der Waals surface area contributed by atoms with Crippen LogP contribution in [0.5, 0.6) is 0 Å². The summed E-state index contributed by atoms with van der Waals surface area (Å²) in [5.74, 6) is -3.12. The lowest BCUT2D eigenvalue weighted by Crippen LogP contribution is -2.36. The van der Waals surface area contributed by atoms with E-state index < -0.39 is 11.7 Å². The van der Waals surface area contributed by atoms with Crippen LogP contribution < -0.4 is 10.6 Å². The Kier molecular flexibility index (Phi) is 7.07. The lowest BCUT2D eigenvalue weighted by molar-refractivity contribution is 0.0927. The molecule has 1 fully saturated rings. The minimum absolute atomic E-state index is 0.109. The molecule has 0 radical (unpaired) electrons. The van der Waals surface area contributed by atoms with Crippen LogP contribution in [0.25, 0.3) is 0 Å². The normalized spacial score (nSPS) is 14.9. The Morgan fingerprint density at radius 2 is 1.89 bits per heavy atom. The van der Waals surface area contributed by atoms with Gasteiger partial charge in [0, 0.05) is 22.2 Å². The molecule has 28 heavy (non-hydrogen) atoms. The molecule has 0 spiro atoms. The molecular weight excluding hydrogens is 402 g/mol. The number of benzene rings is 1. The number of amides is 2. The first-order chi connectivity index (χ1) is 13.4. The van der Waals surface area contributed by atoms with Crippen LogP contribution in [0.3, 0.4) is 0 Å². The first kappa shape index (κ1) is 20.8. The van der Waals surface area contributed by atoms with Gasteiger partial charge in [-0.1, -0.05) is 31.0 Å². The minimum Gasteiger partial charge on any atom is -0.349 e. The zero-order valence-electron chi connectivity index (χ0n) is 15.5. The van der Waals surface area contributed by atoms with E-state index in [4.69, 9.17) is 0 Å². The Morgan fingerprint density at radius 1 is 1.14 bits per heavy atom. The third-order valence-corrected chi connectivity index (χ3v) is 6.54. The number of alkyl halides is 2. The van der Waals surface area contributed by atoms with Gasteiger partial charge in [-0.05, 0) is 55.0 Å². The third-order valence-electron chi connectivity index (χ3n) is 4.73. The van der Waals surface area contributed by atoms with Crippen LogP contribution in [-0.4, -0.2) is 23.6 Å². The van der Waals surface area contributed by atoms with Gasteiger partial charge in [0.05, 0.1) is 0 Å². The first-order valence-electron chi connectivity index (χ1n) is 9.19. The molecule has 2 amide bonds. The Morgan fingerprint density at radius 3 is 2.57 bits per heavy atom. The predicted octanol–water partition coefficient (Wildman–Crippen LogP) is 5.69. The second kappa shape index (κ2) is 9.52. The zero-order valence-corrected chi connectivity index (χ0v) is 17.1. The second-order valence-electron chi connectivity index (χ2n) is 6.78. The number of halogens is 2. The number of thioether (sulfide) groups is 1. The fourth-order valence-corrected chi connectivity index (χ4v) is 4.89. The van der Waals surface area contributed by atoms with E-state index in [1.54, 1.807) is 30.5 Å². The first-order valence-corrected chi connectivity index (χ1v) is 10.9. The van der Waals surface area contributed by atoms with E-state index in [1.807, 2.05) is 0 Å². The van der Waals surface area contributed by atoms with E-state index >= 15 is 0 Å². The average molecular weight is 425 g/mol. The maximum atomic E-state index is 12.6. The number of rotatable bonds is 6. The molecule has 3 rings (SSSR count). The van der Waals surface area contributed by atoms with Crippen molar-refractivity contribution in [3.63, 3.8) is 0 Å². The van der Waals surface area contributed by atoms with E-state index in [0.717, 1.165) is 42.6 Å². The van der Waals surface area contributed by atoms with Crippen LogP contribution >= 0.6 is 23.1 Å². The molecule has 8 heteroatoms. The molecule has 2 N–H and O–H groups in total. The Balaban J connectivity index is 1.66. The Bertz CT molecular complexity index is 848. The second-order valence-corrected chi connectivity index (χ2v) is 8.73. The molecule has 0 atom stereocenters. The predicted molar refractivity (Wildman–Crippen MR) is 110 cm³/mol. The average Bonchev–Trinajstić information content (AvgIpc) is 3.11. The summed E-state index contributed by atoms with van der Waals surface area (Å²) >= 11 is 1.48. The van der Waals surface area contributed by atoms with Crippen LogP contribution in [0.15, 0.2) is 34.5 Å². The van der Waals surface area contributed by atoms with E-state index in [-0.39, 0.29) is 21.7 Å². The van der Waals surface area contributed by atoms with E-state index in [0.29, 0.717) is 23.0 Å². The lowest BCUT2D eigenvalue weighted by atomic mass is 9.95. The van der Waals surface area contributed by atoms with Crippen molar-refractivity contribution in [1.82, 2.24) is 5.32 Å². The summed E-state index contributed by atoms with van der Waals surface area (Å²) in [6.07, 6.45) is 5.53. The number of aryl methyl sites for hydroxylation is 1. The molecule has 4 nitrogen and oxygen atoms in total. The van der Waals surface area contributed by atoms with Gasteiger partial charge in [0.25, 0.3) is 17.6 Å². The van der Waals surface area contributed by atoms with Gasteiger partial charge in [-0.25, -0.2) is 0 Å². The van der Waals surface area contributed by atoms with Crippen molar-refractivity contribution in [2.75, 3.05) is 5.32 Å². The molecule has 0 saturated heterocycles. The van der Waals surface area contributed by atoms with Gasteiger partial charge in [-0.3, -0.25) is 9.59 Å². The van der Waals surface area contributed by atoms with Crippen molar-refractivity contribution in [2.24, 2.45) is 0 Å². The highest BCUT2D eigenvalue weighted by molar-refractivity contribution is 7.99. The summed E-state index contributed by atoms with van der Waals surface area (Å²) in [5.41, 5.74) is 1.84. The highest BCUT2D eigenvalue weighted by Crippen LogP contribution is 2.32. The number of hydrogen-bond acceptors (Lipinski definition) is 4. The molecule has 1 aromatic heterocycles. The van der Waals surface area contributed by atoms with Crippen molar-refractivity contribution in [1.29, 1.82) is 0 Å². The minimum atomic E-state index is -2.58. The Hall–Kier alpha value is -1.93. The zero-order chi connectivity index (χ0) is 20.1. The van der Waals surface area contributed by atoms with Crippen LogP contribution in [0, 0.1) is 6.92 Å². The number of thiophene rings is 1. The summed E-state index contributed by atoms with van der Waals surface area (Å²) < 4.78 is 25.2. The molecule has 1 saturated carbocycles. The molecule has 2 aromatic rings. The van der Waals surface area contributed by atoms with Gasteiger partial charge in [-0.2, -0.15) is 8.78 Å². The quantitative estimate of drug-likeness (QED) is 0.586. The number of nitrogens with one attached hydrogen (secondary N) is 2. The fraction of sp³-hybridized carbons (Fsp3) is 0.400. The summed E-state index contributed by atoms with van der Waals surface area (Å²) in [4.78, 5) is 25.5. The highest BCUT2D eigenvalue weighted by atomic mass is 32.2. The molecular formula is C20H22F2N2O2S2. The molecule has 0 bridgehead atoms. The van der Waals surface area contributed by atoms with E-state index in [9.17, 15) is 18.4 Å². The van der Waals surface area contributed by atoms with Gasteiger partial charge in [0.2, 0.25) is 0 Å². The van der Waals surface area contributed by atoms with Crippen molar-refractivity contribution in [3.05, 3.63) is 45.6 Å². The largest absolute Gasteiger partial charge is 0.349 e. The van der Waals surface area contributed by atoms with Crippen LogP contribution in [0.2, 0.25) is 0 Å². The summed E-state index contributed by atoms with van der Waals surface area (Å²) in [6, 6.07) is 6.82. The summed E-state index contributed by atoms with van der Waals surface area (Å²) in [7, 11) is 0. The molecule has 1 aliphatic rings. The van der Waals surface area contributed by atoms with E-state index in [1.165, 1.54) is 12.5 Å². The van der Waals surface area contributed by atoms with Gasteiger partial charge in [-0.15, -0.1) is 11.3 Å². The van der Waals surface area contributed by atoms with Crippen LogP contribution in [0.4, 0.5) is 14.5 Å². The maximum Gasteiger partial charge on any atom is 0.288 e. The SMILES string of the molecule is Cc1cc(C(=O)NC2CCCCC2)ccc1NC(=O)c1sccc1SC(F)F. The molecule has 0 aliphatic heterocycles. The van der Waals surface area contributed by atoms with Crippen molar-refractivity contribution in [3.8, 4) is 0 Å². The van der Waals surface area contributed by atoms with Crippen LogP contribution in [0.1, 0.15) is 57.7 Å². The fourth-order valence-electron chi connectivity index (χ4n) is 3.29. The maximum absolute atomic E-state index is 12.6. The van der Waals surface area contributed by atoms with Gasteiger partial charge >= 0.3 is 0 Å². The topological polar surface area (TPSA) is 58.2 Å². The van der Waals surface area contributed by atoms with Crippen molar-refractivity contribution < 1.29 is 18.4 Å². The van der Waals surface area contributed by atoms with E-state index in [2.05, 4.69) is 10.6 Å². The molecule has 150 valence electrons.